The Morgan fingerprint density at radius 2 is 2.24 bits per heavy atom. The third kappa shape index (κ3) is 3.82. The predicted octanol–water partition coefficient (Wildman–Crippen LogP) is 2.40. The number of halogens is 2. The van der Waals surface area contributed by atoms with Gasteiger partial charge in [-0.25, -0.2) is 13.1 Å². The summed E-state index contributed by atoms with van der Waals surface area (Å²) >= 11 is 8.80. The lowest BCUT2D eigenvalue weighted by molar-refractivity contribution is 0.585. The normalized spacial score (nSPS) is 10.9. The van der Waals surface area contributed by atoms with Crippen molar-refractivity contribution in [1.29, 1.82) is 5.26 Å². The Bertz CT molecular complexity index is 593. The maximum atomic E-state index is 11.8. The number of hydrogen-bond donors (Lipinski definition) is 1. The van der Waals surface area contributed by atoms with E-state index in [1.54, 1.807) is 0 Å². The van der Waals surface area contributed by atoms with E-state index in [9.17, 15) is 8.42 Å². The molecule has 0 bridgehead atoms. The molecule has 0 spiro atoms. The molecule has 17 heavy (non-hydrogen) atoms. The average molecular weight is 336 g/mol. The van der Waals surface area contributed by atoms with Gasteiger partial charge in [-0.2, -0.15) is 5.26 Å². The molecular weight excluding hydrogens is 328 g/mol. The number of benzene rings is 1. The second-order valence-electron chi connectivity index (χ2n) is 3.10. The minimum absolute atomic E-state index is 0.00949. The van der Waals surface area contributed by atoms with Crippen LogP contribution in [0.25, 0.3) is 0 Å². The number of sulfonamides is 1. The molecule has 0 radical (unpaired) electrons. The van der Waals surface area contributed by atoms with Crippen LogP contribution in [0.2, 0.25) is 5.02 Å². The van der Waals surface area contributed by atoms with Crippen LogP contribution in [0, 0.1) is 11.3 Å². The van der Waals surface area contributed by atoms with E-state index in [-0.39, 0.29) is 22.0 Å². The van der Waals surface area contributed by atoms with Crippen molar-refractivity contribution in [3.05, 3.63) is 39.8 Å². The number of rotatable bonds is 4. The lowest BCUT2D eigenvalue weighted by Crippen LogP contribution is -2.24. The highest BCUT2D eigenvalue weighted by atomic mass is 79.9. The van der Waals surface area contributed by atoms with Gasteiger partial charge in [-0.05, 0) is 18.2 Å². The summed E-state index contributed by atoms with van der Waals surface area (Å²) in [5, 5.41) is 8.78. The van der Waals surface area contributed by atoms with Gasteiger partial charge in [0.05, 0.1) is 15.5 Å². The number of hydrogen-bond acceptors (Lipinski definition) is 3. The quantitative estimate of drug-likeness (QED) is 0.918. The van der Waals surface area contributed by atoms with E-state index in [4.69, 9.17) is 16.9 Å². The van der Waals surface area contributed by atoms with E-state index in [1.807, 2.05) is 6.07 Å². The first kappa shape index (κ1) is 14.2. The van der Waals surface area contributed by atoms with E-state index < -0.39 is 10.0 Å². The Morgan fingerprint density at radius 3 is 2.71 bits per heavy atom. The molecule has 0 aliphatic carbocycles. The maximum absolute atomic E-state index is 11.8. The second-order valence-corrected chi connectivity index (χ2v) is 6.39. The van der Waals surface area contributed by atoms with Crippen LogP contribution >= 0.6 is 27.5 Å². The van der Waals surface area contributed by atoms with E-state index in [0.29, 0.717) is 4.48 Å². The smallest absolute Gasteiger partial charge is 0.207 e. The minimum atomic E-state index is -3.64. The van der Waals surface area contributed by atoms with Gasteiger partial charge in [0.1, 0.15) is 6.07 Å². The molecule has 0 unspecified atom stereocenters. The van der Waals surface area contributed by atoms with Gasteiger partial charge in [0.2, 0.25) is 10.0 Å². The molecule has 1 aromatic carbocycles. The van der Waals surface area contributed by atoms with Crippen LogP contribution in [-0.4, -0.2) is 15.0 Å². The van der Waals surface area contributed by atoms with E-state index >= 15 is 0 Å². The summed E-state index contributed by atoms with van der Waals surface area (Å²) < 4.78 is 26.4. The van der Waals surface area contributed by atoms with Crippen LogP contribution in [0.4, 0.5) is 0 Å². The molecule has 0 fully saturated rings. The fraction of sp³-hybridized carbons (Fsp3) is 0.100. The van der Waals surface area contributed by atoms with Gasteiger partial charge in [0.15, 0.2) is 0 Å². The molecule has 0 aliphatic heterocycles. The van der Waals surface area contributed by atoms with E-state index in [2.05, 4.69) is 27.2 Å². The molecule has 0 saturated carbocycles. The van der Waals surface area contributed by atoms with Crippen LogP contribution < -0.4 is 4.72 Å². The zero-order valence-corrected chi connectivity index (χ0v) is 11.7. The predicted molar refractivity (Wildman–Crippen MR) is 69.4 cm³/mol. The molecule has 0 aliphatic rings. The van der Waals surface area contributed by atoms with Crippen LogP contribution in [0.5, 0.6) is 0 Å². The summed E-state index contributed by atoms with van der Waals surface area (Å²) in [5.74, 6) is 0. The van der Waals surface area contributed by atoms with Crippen LogP contribution in [0.1, 0.15) is 5.56 Å². The van der Waals surface area contributed by atoms with Gasteiger partial charge in [0.25, 0.3) is 0 Å². The topological polar surface area (TPSA) is 70.0 Å². The summed E-state index contributed by atoms with van der Waals surface area (Å²) in [6.07, 6.45) is 0. The Balaban J connectivity index is 3.05. The molecule has 0 aromatic heterocycles. The van der Waals surface area contributed by atoms with Gasteiger partial charge in [-0.1, -0.05) is 34.1 Å². The molecular formula is C10H8BrClN2O2S. The van der Waals surface area contributed by atoms with Crippen molar-refractivity contribution in [2.24, 2.45) is 0 Å². The van der Waals surface area contributed by atoms with Gasteiger partial charge in [-0.15, -0.1) is 0 Å². The zero-order chi connectivity index (χ0) is 13.1. The van der Waals surface area contributed by atoms with Crippen molar-refractivity contribution in [2.45, 2.75) is 4.90 Å². The fourth-order valence-corrected chi connectivity index (χ4v) is 2.67. The molecule has 0 saturated heterocycles. The van der Waals surface area contributed by atoms with Crippen molar-refractivity contribution >= 4 is 37.6 Å². The Kier molecular flexibility index (Phi) is 4.71. The van der Waals surface area contributed by atoms with Crippen LogP contribution in [0.15, 0.2) is 34.2 Å². The van der Waals surface area contributed by atoms with Crippen molar-refractivity contribution in [2.75, 3.05) is 6.54 Å². The van der Waals surface area contributed by atoms with E-state index in [1.165, 1.54) is 18.2 Å². The minimum Gasteiger partial charge on any atom is -0.207 e. The zero-order valence-electron chi connectivity index (χ0n) is 8.57. The third-order valence-corrected chi connectivity index (χ3v) is 3.82. The largest absolute Gasteiger partial charge is 0.240 e. The molecule has 90 valence electrons. The van der Waals surface area contributed by atoms with Crippen LogP contribution in [0.3, 0.4) is 0 Å². The highest BCUT2D eigenvalue weighted by molar-refractivity contribution is 9.11. The first-order chi connectivity index (χ1) is 7.86. The molecule has 0 amide bonds. The number of nitriles is 1. The van der Waals surface area contributed by atoms with Crippen molar-refractivity contribution < 1.29 is 8.42 Å². The Hall–Kier alpha value is -0.870. The molecule has 7 heteroatoms. The number of nitrogens with one attached hydrogen (secondary N) is 1. The highest BCUT2D eigenvalue weighted by Crippen LogP contribution is 2.20. The first-order valence-corrected chi connectivity index (χ1v) is 7.05. The SMILES string of the molecule is C=C(Br)CNS(=O)(=O)c1ccc(C#N)c(Cl)c1. The summed E-state index contributed by atoms with van der Waals surface area (Å²) in [6.45, 7) is 3.60. The lowest BCUT2D eigenvalue weighted by Gasteiger charge is -2.06. The van der Waals surface area contributed by atoms with Gasteiger partial charge in [0, 0.05) is 11.0 Å². The molecule has 1 rings (SSSR count). The third-order valence-electron chi connectivity index (χ3n) is 1.83. The standard InChI is InChI=1S/C10H8BrClN2O2S/c1-7(11)6-14-17(15,16)9-3-2-8(5-13)10(12)4-9/h2-4,14H,1,6H2. The monoisotopic (exact) mass is 334 g/mol. The average Bonchev–Trinajstić information content (AvgIpc) is 2.26. The summed E-state index contributed by atoms with van der Waals surface area (Å²) in [4.78, 5) is 0.00949. The van der Waals surface area contributed by atoms with Crippen LogP contribution in [-0.2, 0) is 10.0 Å². The van der Waals surface area contributed by atoms with Crippen molar-refractivity contribution in [3.63, 3.8) is 0 Å². The second kappa shape index (κ2) is 5.65. The summed E-state index contributed by atoms with van der Waals surface area (Å²) in [5.41, 5.74) is 0.232. The fourth-order valence-electron chi connectivity index (χ4n) is 1.01. The van der Waals surface area contributed by atoms with Gasteiger partial charge in [-0.3, -0.25) is 0 Å². The van der Waals surface area contributed by atoms with Gasteiger partial charge >= 0.3 is 0 Å². The number of nitrogens with zero attached hydrogens (tertiary/aromatic N) is 1. The lowest BCUT2D eigenvalue weighted by atomic mass is 10.2. The maximum Gasteiger partial charge on any atom is 0.240 e. The Morgan fingerprint density at radius 1 is 1.59 bits per heavy atom. The van der Waals surface area contributed by atoms with Crippen molar-refractivity contribution in [1.82, 2.24) is 4.72 Å². The molecule has 1 aromatic rings. The highest BCUT2D eigenvalue weighted by Gasteiger charge is 2.15. The van der Waals surface area contributed by atoms with E-state index in [0.717, 1.165) is 0 Å². The molecule has 1 N–H and O–H groups in total. The van der Waals surface area contributed by atoms with Gasteiger partial charge < -0.3 is 0 Å². The summed E-state index contributed by atoms with van der Waals surface area (Å²) in [7, 11) is -3.64. The van der Waals surface area contributed by atoms with Crippen molar-refractivity contribution in [3.8, 4) is 6.07 Å². The Labute approximate surface area is 113 Å². The first-order valence-electron chi connectivity index (χ1n) is 4.39. The molecule has 0 atom stereocenters. The summed E-state index contributed by atoms with van der Waals surface area (Å²) in [6, 6.07) is 5.78. The molecule has 0 heterocycles. The molecule has 4 nitrogen and oxygen atoms in total.